The molecule has 0 aromatic rings. The first-order chi connectivity index (χ1) is 9.07. The zero-order valence-electron chi connectivity index (χ0n) is 10.5. The van der Waals surface area contributed by atoms with Crippen LogP contribution in [0.4, 0.5) is 0 Å². The van der Waals surface area contributed by atoms with E-state index in [4.69, 9.17) is 0 Å². The third-order valence-corrected chi connectivity index (χ3v) is 5.11. The van der Waals surface area contributed by atoms with E-state index in [1.54, 1.807) is 0 Å². The van der Waals surface area contributed by atoms with Gasteiger partial charge < -0.3 is 5.11 Å². The second-order valence-corrected chi connectivity index (χ2v) is 6.73. The van der Waals surface area contributed by atoms with Gasteiger partial charge in [-0.2, -0.15) is 0 Å². The quantitative estimate of drug-likeness (QED) is 0.573. The minimum atomic E-state index is -1.76. The molecule has 0 saturated heterocycles. The molecule has 0 radical (unpaired) electrons. The highest BCUT2D eigenvalue weighted by molar-refractivity contribution is 5.21. The van der Waals surface area contributed by atoms with Gasteiger partial charge in [0.15, 0.2) is 0 Å². The molecule has 0 aliphatic heterocycles. The van der Waals surface area contributed by atoms with Gasteiger partial charge in [0.1, 0.15) is 0 Å². The van der Waals surface area contributed by atoms with Crippen LogP contribution in [-0.4, -0.2) is 42.1 Å². The van der Waals surface area contributed by atoms with E-state index in [-0.39, 0.29) is 38.5 Å². The molecule has 10 heteroatoms. The maximum Gasteiger partial charge on any atom is 0.238 e. The van der Waals surface area contributed by atoms with Crippen molar-refractivity contribution in [1.29, 1.82) is 0 Å². The Morgan fingerprint density at radius 1 is 0.650 bits per heavy atom. The van der Waals surface area contributed by atoms with Crippen molar-refractivity contribution in [3.8, 4) is 0 Å². The van der Waals surface area contributed by atoms with Crippen LogP contribution in [-0.2, 0) is 0 Å². The molecule has 0 amide bonds. The molecule has 0 unspecified atom stereocenters. The van der Waals surface area contributed by atoms with Crippen LogP contribution in [0, 0.1) is 30.3 Å². The van der Waals surface area contributed by atoms with Gasteiger partial charge in [0.05, 0.1) is 24.9 Å². The van der Waals surface area contributed by atoms with Crippen LogP contribution >= 0.6 is 0 Å². The van der Waals surface area contributed by atoms with Crippen LogP contribution in [0.5, 0.6) is 0 Å². The zero-order chi connectivity index (χ0) is 15.0. The van der Waals surface area contributed by atoms with Crippen molar-refractivity contribution < 1.29 is 19.9 Å². The minimum absolute atomic E-state index is 0.238. The smallest absolute Gasteiger partial charge is 0.238 e. The Bertz CT molecular complexity index is 465. The molecule has 0 aromatic heterocycles. The van der Waals surface area contributed by atoms with Gasteiger partial charge in [-0.25, -0.2) is 0 Å². The topological polar surface area (TPSA) is 150 Å². The fraction of sp³-hybridized carbons (Fsp3) is 1.00. The maximum absolute atomic E-state index is 11.4. The number of hydrogen-bond donors (Lipinski definition) is 1. The monoisotopic (exact) mass is 287 g/mol. The Balaban J connectivity index is 2.20. The number of nitro groups is 3. The van der Waals surface area contributed by atoms with Crippen molar-refractivity contribution in [1.82, 2.24) is 0 Å². The average molecular weight is 287 g/mol. The van der Waals surface area contributed by atoms with E-state index in [0.717, 1.165) is 0 Å². The van der Waals surface area contributed by atoms with Crippen LogP contribution in [0.2, 0.25) is 0 Å². The summed E-state index contributed by atoms with van der Waals surface area (Å²) < 4.78 is 0. The summed E-state index contributed by atoms with van der Waals surface area (Å²) in [5, 5.41) is 44.6. The number of nitrogens with zero attached hydrogens (tertiary/aromatic N) is 3. The Hall–Kier alpha value is -1.84. The van der Waals surface area contributed by atoms with E-state index in [0.29, 0.717) is 0 Å². The molecule has 4 fully saturated rings. The lowest BCUT2D eigenvalue weighted by molar-refractivity contribution is -0.694. The van der Waals surface area contributed by atoms with Gasteiger partial charge in [-0.3, -0.25) is 30.3 Å². The predicted molar refractivity (Wildman–Crippen MR) is 61.8 cm³/mol. The lowest BCUT2D eigenvalue weighted by Crippen LogP contribution is -2.76. The van der Waals surface area contributed by atoms with Gasteiger partial charge in [0.25, 0.3) is 0 Å². The van der Waals surface area contributed by atoms with Crippen molar-refractivity contribution in [2.45, 2.75) is 60.7 Å². The Kier molecular flexibility index (Phi) is 2.13. The molecule has 0 aromatic carbocycles. The number of aliphatic hydroxyl groups is 1. The first kappa shape index (κ1) is 13.2. The van der Waals surface area contributed by atoms with E-state index in [1.807, 2.05) is 0 Å². The molecule has 110 valence electrons. The van der Waals surface area contributed by atoms with Gasteiger partial charge in [-0.1, -0.05) is 0 Å². The summed E-state index contributed by atoms with van der Waals surface area (Å²) in [4.78, 5) is 32.1. The molecule has 4 aliphatic carbocycles. The van der Waals surface area contributed by atoms with Crippen molar-refractivity contribution in [3.05, 3.63) is 30.3 Å². The minimum Gasteiger partial charge on any atom is -0.389 e. The molecule has 4 aliphatic rings. The van der Waals surface area contributed by atoms with Crippen molar-refractivity contribution in [2.24, 2.45) is 0 Å². The van der Waals surface area contributed by atoms with E-state index < -0.39 is 37.0 Å². The van der Waals surface area contributed by atoms with Crippen LogP contribution in [0.3, 0.4) is 0 Å². The van der Waals surface area contributed by atoms with E-state index in [1.165, 1.54) is 0 Å². The molecule has 0 atom stereocenters. The van der Waals surface area contributed by atoms with Gasteiger partial charge in [0.2, 0.25) is 16.6 Å². The molecule has 1 N–H and O–H groups in total. The van der Waals surface area contributed by atoms with Crippen LogP contribution < -0.4 is 0 Å². The van der Waals surface area contributed by atoms with Crippen LogP contribution in [0.1, 0.15) is 38.5 Å². The molecule has 0 heterocycles. The summed E-state index contributed by atoms with van der Waals surface area (Å²) in [6.07, 6.45) is -1.72. The fourth-order valence-electron chi connectivity index (χ4n) is 5.01. The number of hydrogen-bond acceptors (Lipinski definition) is 7. The molecule has 4 rings (SSSR count). The van der Waals surface area contributed by atoms with Gasteiger partial charge in [0, 0.05) is 34.0 Å². The second-order valence-electron chi connectivity index (χ2n) is 6.73. The fourth-order valence-corrected chi connectivity index (χ4v) is 5.01. The third-order valence-electron chi connectivity index (χ3n) is 5.11. The lowest BCUT2D eigenvalue weighted by atomic mass is 9.45. The second kappa shape index (κ2) is 3.25. The van der Waals surface area contributed by atoms with Crippen molar-refractivity contribution in [3.63, 3.8) is 0 Å². The van der Waals surface area contributed by atoms with Gasteiger partial charge in [-0.15, -0.1) is 0 Å². The summed E-state index contributed by atoms with van der Waals surface area (Å²) in [6, 6.07) is 0. The SMILES string of the molecule is O=[N+]([O-])C12CC3(O)CC([N+](=O)[O-])(C1)CC([N+](=O)[O-])(C3)C2. The Labute approximate surface area is 112 Å². The first-order valence-electron chi connectivity index (χ1n) is 6.23. The third kappa shape index (κ3) is 1.37. The summed E-state index contributed by atoms with van der Waals surface area (Å²) in [7, 11) is 0. The molecule has 20 heavy (non-hydrogen) atoms. The molecular formula is C10H13N3O7. The summed E-state index contributed by atoms with van der Waals surface area (Å²) in [6.45, 7) is 0. The van der Waals surface area contributed by atoms with Crippen molar-refractivity contribution in [2.75, 3.05) is 0 Å². The van der Waals surface area contributed by atoms with Crippen LogP contribution in [0.15, 0.2) is 0 Å². The Morgan fingerprint density at radius 2 is 0.900 bits per heavy atom. The van der Waals surface area contributed by atoms with Crippen molar-refractivity contribution >= 4 is 0 Å². The predicted octanol–water partition coefficient (Wildman–Crippen LogP) is 0.145. The summed E-state index contributed by atoms with van der Waals surface area (Å²) in [5.74, 6) is 0. The first-order valence-corrected chi connectivity index (χ1v) is 6.23. The normalized spacial score (nSPS) is 49.0. The standard InChI is InChI=1S/C10H13N3O7/c14-10-4-7(11(15)16)1-8(5-10,12(17)18)3-9(2-7,6-10)13(19)20/h14H,1-6H2. The Morgan fingerprint density at radius 3 is 1.10 bits per heavy atom. The zero-order valence-corrected chi connectivity index (χ0v) is 10.5. The molecular weight excluding hydrogens is 274 g/mol. The molecule has 0 spiro atoms. The average Bonchev–Trinajstić information content (AvgIpc) is 2.24. The highest BCUT2D eigenvalue weighted by atomic mass is 16.6. The largest absolute Gasteiger partial charge is 0.389 e. The highest BCUT2D eigenvalue weighted by Crippen LogP contribution is 2.63. The number of rotatable bonds is 3. The van der Waals surface area contributed by atoms with E-state index in [2.05, 4.69) is 0 Å². The van der Waals surface area contributed by atoms with E-state index >= 15 is 0 Å². The summed E-state index contributed by atoms with van der Waals surface area (Å²) >= 11 is 0. The van der Waals surface area contributed by atoms with Crippen LogP contribution in [0.25, 0.3) is 0 Å². The van der Waals surface area contributed by atoms with E-state index in [9.17, 15) is 35.4 Å². The highest BCUT2D eigenvalue weighted by Gasteiger charge is 2.82. The molecule has 10 nitrogen and oxygen atoms in total. The molecule has 4 bridgehead atoms. The van der Waals surface area contributed by atoms with Gasteiger partial charge >= 0.3 is 0 Å². The summed E-state index contributed by atoms with van der Waals surface area (Å²) in [5.41, 5.74) is -6.97. The molecule has 4 saturated carbocycles. The van der Waals surface area contributed by atoms with Gasteiger partial charge in [-0.05, 0) is 0 Å². The lowest BCUT2D eigenvalue weighted by Gasteiger charge is -2.57. The maximum atomic E-state index is 11.4.